The van der Waals surface area contributed by atoms with Gasteiger partial charge in [0.2, 0.25) is 6.41 Å². The van der Waals surface area contributed by atoms with Crippen molar-refractivity contribution in [3.05, 3.63) is 24.1 Å². The second-order valence-corrected chi connectivity index (χ2v) is 3.72. The first-order chi connectivity index (χ1) is 8.54. The molecular weight excluding hydrogens is 236 g/mol. The lowest BCUT2D eigenvalue weighted by molar-refractivity contribution is -0.121. The lowest BCUT2D eigenvalue weighted by Crippen LogP contribution is -2.26. The van der Waals surface area contributed by atoms with Crippen LogP contribution in [-0.2, 0) is 14.3 Å². The molecule has 0 aromatic carbocycles. The van der Waals surface area contributed by atoms with Crippen molar-refractivity contribution in [2.45, 2.75) is 19.4 Å². The van der Waals surface area contributed by atoms with Crippen molar-refractivity contribution in [1.82, 2.24) is 10.2 Å². The van der Waals surface area contributed by atoms with Crippen LogP contribution >= 0.6 is 0 Å². The van der Waals surface area contributed by atoms with Gasteiger partial charge in [0.15, 0.2) is 0 Å². The number of methoxy groups -OCH3 is 1. The standard InChI is InChI=1S/C12H20N2O4/c1-10(8-11(18-3)5-7-15)14(2)6-4-12(17)13-9-16/h4-6,9-10,15H,7-8H2,1-3H3,(H,13,16,17)/b6-4-,11-5-. The number of imide groups is 1. The highest BCUT2D eigenvalue weighted by Gasteiger charge is 2.09. The molecule has 0 saturated carbocycles. The van der Waals surface area contributed by atoms with Crippen molar-refractivity contribution >= 4 is 12.3 Å². The van der Waals surface area contributed by atoms with Crippen LogP contribution in [0.1, 0.15) is 13.3 Å². The molecule has 0 aliphatic carbocycles. The monoisotopic (exact) mass is 256 g/mol. The molecule has 6 heteroatoms. The average molecular weight is 256 g/mol. The Hall–Kier alpha value is -1.82. The van der Waals surface area contributed by atoms with Crippen molar-refractivity contribution < 1.29 is 19.4 Å². The highest BCUT2D eigenvalue weighted by Crippen LogP contribution is 2.10. The number of ether oxygens (including phenoxy) is 1. The lowest BCUT2D eigenvalue weighted by atomic mass is 10.2. The number of rotatable bonds is 8. The molecule has 102 valence electrons. The Morgan fingerprint density at radius 2 is 2.22 bits per heavy atom. The third-order valence-electron chi connectivity index (χ3n) is 2.44. The van der Waals surface area contributed by atoms with Crippen LogP contribution in [0.2, 0.25) is 0 Å². The van der Waals surface area contributed by atoms with Crippen LogP contribution in [0.3, 0.4) is 0 Å². The Kier molecular flexibility index (Phi) is 8.30. The van der Waals surface area contributed by atoms with E-state index in [0.717, 1.165) is 0 Å². The van der Waals surface area contributed by atoms with E-state index in [9.17, 15) is 9.59 Å². The van der Waals surface area contributed by atoms with Crippen LogP contribution in [0.4, 0.5) is 0 Å². The Morgan fingerprint density at radius 3 is 2.72 bits per heavy atom. The largest absolute Gasteiger partial charge is 0.501 e. The van der Waals surface area contributed by atoms with E-state index in [2.05, 4.69) is 0 Å². The van der Waals surface area contributed by atoms with E-state index in [0.29, 0.717) is 18.6 Å². The molecule has 0 aliphatic heterocycles. The lowest BCUT2D eigenvalue weighted by Gasteiger charge is -2.23. The van der Waals surface area contributed by atoms with Gasteiger partial charge in [-0.25, -0.2) is 0 Å². The van der Waals surface area contributed by atoms with E-state index in [-0.39, 0.29) is 12.6 Å². The van der Waals surface area contributed by atoms with Crippen LogP contribution in [0.25, 0.3) is 0 Å². The van der Waals surface area contributed by atoms with Gasteiger partial charge in [0.1, 0.15) is 0 Å². The van der Waals surface area contributed by atoms with Gasteiger partial charge in [-0.2, -0.15) is 0 Å². The highest BCUT2D eigenvalue weighted by molar-refractivity contribution is 5.94. The molecule has 6 nitrogen and oxygen atoms in total. The molecular formula is C12H20N2O4. The van der Waals surface area contributed by atoms with E-state index in [4.69, 9.17) is 9.84 Å². The van der Waals surface area contributed by atoms with Crippen LogP contribution in [0.5, 0.6) is 0 Å². The Labute approximate surface area is 107 Å². The van der Waals surface area contributed by atoms with Gasteiger partial charge in [-0.15, -0.1) is 0 Å². The molecule has 0 aromatic heterocycles. The van der Waals surface area contributed by atoms with Crippen LogP contribution in [-0.4, -0.2) is 49.1 Å². The summed E-state index contributed by atoms with van der Waals surface area (Å²) in [4.78, 5) is 22.9. The van der Waals surface area contributed by atoms with Gasteiger partial charge in [-0.05, 0) is 13.0 Å². The van der Waals surface area contributed by atoms with Gasteiger partial charge in [0, 0.05) is 31.8 Å². The Balaban J connectivity index is 4.33. The molecule has 0 bridgehead atoms. The topological polar surface area (TPSA) is 78.9 Å². The summed E-state index contributed by atoms with van der Waals surface area (Å²) in [5.74, 6) is 0.213. The minimum absolute atomic E-state index is 0.0722. The minimum Gasteiger partial charge on any atom is -0.501 e. The molecule has 0 heterocycles. The summed E-state index contributed by atoms with van der Waals surface area (Å²) in [5, 5.41) is 10.8. The van der Waals surface area contributed by atoms with Crippen LogP contribution in [0.15, 0.2) is 24.1 Å². The molecule has 2 amide bonds. The molecule has 0 rings (SSSR count). The number of nitrogens with one attached hydrogen (secondary N) is 1. The first-order valence-electron chi connectivity index (χ1n) is 5.53. The van der Waals surface area contributed by atoms with E-state index in [1.54, 1.807) is 19.4 Å². The predicted octanol–water partition coefficient (Wildman–Crippen LogP) is 0.00570. The summed E-state index contributed by atoms with van der Waals surface area (Å²) in [5.41, 5.74) is 0. The highest BCUT2D eigenvalue weighted by atomic mass is 16.5. The molecule has 1 unspecified atom stereocenters. The SMILES string of the molecule is CO/C(=C\CO)CC(C)N(C)/C=C\C(=O)NC=O. The summed E-state index contributed by atoms with van der Waals surface area (Å²) in [6.45, 7) is 1.88. The zero-order valence-electron chi connectivity index (χ0n) is 10.9. The van der Waals surface area contributed by atoms with E-state index in [1.165, 1.54) is 6.08 Å². The number of carbonyl (C=O) groups excluding carboxylic acids is 2. The quantitative estimate of drug-likeness (QED) is 0.363. The number of hydrogen-bond acceptors (Lipinski definition) is 5. The zero-order chi connectivity index (χ0) is 14.0. The Bertz CT molecular complexity index is 326. The number of nitrogens with zero attached hydrogens (tertiary/aromatic N) is 1. The second-order valence-electron chi connectivity index (χ2n) is 3.72. The number of amides is 2. The van der Waals surface area contributed by atoms with Crippen molar-refractivity contribution in [2.75, 3.05) is 20.8 Å². The predicted molar refractivity (Wildman–Crippen MR) is 67.4 cm³/mol. The third kappa shape index (κ3) is 6.70. The zero-order valence-corrected chi connectivity index (χ0v) is 10.9. The molecule has 18 heavy (non-hydrogen) atoms. The molecule has 2 N–H and O–H groups in total. The van der Waals surface area contributed by atoms with Crippen molar-refractivity contribution in [1.29, 1.82) is 0 Å². The van der Waals surface area contributed by atoms with Gasteiger partial charge >= 0.3 is 0 Å². The van der Waals surface area contributed by atoms with Crippen LogP contribution < -0.4 is 5.32 Å². The summed E-state index contributed by atoms with van der Waals surface area (Å²) < 4.78 is 5.10. The van der Waals surface area contributed by atoms with E-state index < -0.39 is 5.91 Å². The molecule has 0 radical (unpaired) electrons. The summed E-state index contributed by atoms with van der Waals surface area (Å²) in [6, 6.07) is 0.0861. The number of aliphatic hydroxyl groups excluding tert-OH is 1. The second kappa shape index (κ2) is 9.23. The van der Waals surface area contributed by atoms with Crippen molar-refractivity contribution in [2.24, 2.45) is 0 Å². The summed E-state index contributed by atoms with van der Waals surface area (Å²) in [7, 11) is 3.35. The Morgan fingerprint density at radius 1 is 1.56 bits per heavy atom. The van der Waals surface area contributed by atoms with E-state index >= 15 is 0 Å². The van der Waals surface area contributed by atoms with Gasteiger partial charge in [-0.3, -0.25) is 14.9 Å². The number of carbonyl (C=O) groups is 2. The van der Waals surface area contributed by atoms with Gasteiger partial charge in [-0.1, -0.05) is 0 Å². The number of aliphatic hydroxyl groups is 1. The maximum atomic E-state index is 11.0. The molecule has 1 atom stereocenters. The summed E-state index contributed by atoms with van der Waals surface area (Å²) in [6.07, 6.45) is 5.38. The fraction of sp³-hybridized carbons (Fsp3) is 0.500. The van der Waals surface area contributed by atoms with Crippen LogP contribution in [0, 0.1) is 0 Å². The maximum Gasteiger partial charge on any atom is 0.251 e. The third-order valence-corrected chi connectivity index (χ3v) is 2.44. The molecule has 0 saturated heterocycles. The number of hydrogen-bond donors (Lipinski definition) is 2. The minimum atomic E-state index is -0.470. The molecule has 0 spiro atoms. The first-order valence-corrected chi connectivity index (χ1v) is 5.53. The van der Waals surface area contributed by atoms with Crippen molar-refractivity contribution in [3.8, 4) is 0 Å². The molecule has 0 fully saturated rings. The smallest absolute Gasteiger partial charge is 0.251 e. The van der Waals surface area contributed by atoms with Gasteiger partial charge in [0.25, 0.3) is 5.91 Å². The molecule has 0 aromatic rings. The maximum absolute atomic E-state index is 11.0. The average Bonchev–Trinajstić information content (AvgIpc) is 2.35. The fourth-order valence-corrected chi connectivity index (χ4v) is 1.23. The normalized spacial score (nSPS) is 13.2. The van der Waals surface area contributed by atoms with E-state index in [1.807, 2.05) is 24.2 Å². The molecule has 0 aliphatic rings. The fourth-order valence-electron chi connectivity index (χ4n) is 1.23. The first kappa shape index (κ1) is 16.2. The van der Waals surface area contributed by atoms with Gasteiger partial charge < -0.3 is 14.7 Å². The van der Waals surface area contributed by atoms with Crippen molar-refractivity contribution in [3.63, 3.8) is 0 Å². The van der Waals surface area contributed by atoms with Gasteiger partial charge in [0.05, 0.1) is 19.5 Å². The summed E-state index contributed by atoms with van der Waals surface area (Å²) >= 11 is 0.